The first-order chi connectivity index (χ1) is 7.29. The lowest BCUT2D eigenvalue weighted by molar-refractivity contribution is 0.456. The quantitative estimate of drug-likeness (QED) is 0.807. The zero-order valence-corrected chi connectivity index (χ0v) is 9.63. The van der Waals surface area contributed by atoms with E-state index < -0.39 is 0 Å². The zero-order valence-electron chi connectivity index (χ0n) is 8.87. The van der Waals surface area contributed by atoms with Gasteiger partial charge in [-0.05, 0) is 25.7 Å². The Morgan fingerprint density at radius 2 is 2.20 bits per heavy atom. The summed E-state index contributed by atoms with van der Waals surface area (Å²) in [5.41, 5.74) is 0. The average Bonchev–Trinajstić information content (AvgIpc) is 2.87. The first-order valence-corrected chi connectivity index (χ1v) is 5.98. The molecule has 1 unspecified atom stereocenters. The molecule has 0 spiro atoms. The molecule has 1 N–H and O–H groups in total. The van der Waals surface area contributed by atoms with Crippen LogP contribution < -0.4 is 5.32 Å². The number of rotatable bonds is 4. The molecule has 15 heavy (non-hydrogen) atoms. The topological polar surface area (TPSA) is 51.0 Å². The maximum atomic E-state index is 5.58. The van der Waals surface area contributed by atoms with Crippen LogP contribution in [0.15, 0.2) is 4.42 Å². The largest absolute Gasteiger partial charge is 0.407 e. The van der Waals surface area contributed by atoms with E-state index in [0.717, 1.165) is 5.92 Å². The van der Waals surface area contributed by atoms with Gasteiger partial charge in [0.05, 0.1) is 0 Å². The highest BCUT2D eigenvalue weighted by molar-refractivity contribution is 6.16. The van der Waals surface area contributed by atoms with Crippen molar-refractivity contribution < 1.29 is 4.42 Å². The van der Waals surface area contributed by atoms with E-state index in [2.05, 4.69) is 22.4 Å². The number of aromatic nitrogens is 2. The molecule has 1 aliphatic carbocycles. The maximum Gasteiger partial charge on any atom is 0.315 e. The summed E-state index contributed by atoms with van der Waals surface area (Å²) in [6, 6.07) is 0.890. The highest BCUT2D eigenvalue weighted by Crippen LogP contribution is 2.28. The summed E-state index contributed by atoms with van der Waals surface area (Å²) in [4.78, 5) is 0. The summed E-state index contributed by atoms with van der Waals surface area (Å²) < 4.78 is 5.30. The Hall–Kier alpha value is -0.770. The van der Waals surface area contributed by atoms with Gasteiger partial charge in [-0.3, -0.25) is 0 Å². The Kier molecular flexibility index (Phi) is 3.46. The van der Waals surface area contributed by atoms with E-state index in [0.29, 0.717) is 17.9 Å². The minimum atomic E-state index is 0.270. The van der Waals surface area contributed by atoms with Crippen molar-refractivity contribution in [2.75, 3.05) is 5.32 Å². The van der Waals surface area contributed by atoms with E-state index >= 15 is 0 Å². The molecule has 0 saturated heterocycles. The number of halogens is 1. The van der Waals surface area contributed by atoms with E-state index in [-0.39, 0.29) is 5.88 Å². The predicted molar refractivity (Wildman–Crippen MR) is 58.9 cm³/mol. The van der Waals surface area contributed by atoms with Crippen molar-refractivity contribution in [2.24, 2.45) is 5.92 Å². The van der Waals surface area contributed by atoms with E-state index in [1.54, 1.807) is 0 Å². The van der Waals surface area contributed by atoms with Crippen LogP contribution >= 0.6 is 11.6 Å². The average molecular weight is 230 g/mol. The molecule has 2 rings (SSSR count). The van der Waals surface area contributed by atoms with Gasteiger partial charge in [0.2, 0.25) is 5.89 Å². The number of alkyl halides is 1. The Morgan fingerprint density at radius 3 is 2.80 bits per heavy atom. The molecule has 4 nitrogen and oxygen atoms in total. The molecule has 84 valence electrons. The van der Waals surface area contributed by atoms with Crippen LogP contribution in [0.2, 0.25) is 0 Å². The third-order valence-corrected chi connectivity index (χ3v) is 3.27. The van der Waals surface area contributed by atoms with Crippen LogP contribution in [0.4, 0.5) is 6.01 Å². The van der Waals surface area contributed by atoms with Crippen molar-refractivity contribution in [1.29, 1.82) is 0 Å². The molecule has 1 heterocycles. The van der Waals surface area contributed by atoms with E-state index in [1.807, 2.05) is 0 Å². The van der Waals surface area contributed by atoms with E-state index in [1.165, 1.54) is 25.7 Å². The van der Waals surface area contributed by atoms with Crippen LogP contribution in [0.5, 0.6) is 0 Å². The van der Waals surface area contributed by atoms with E-state index in [9.17, 15) is 0 Å². The molecule has 0 aromatic carbocycles. The van der Waals surface area contributed by atoms with Gasteiger partial charge >= 0.3 is 6.01 Å². The number of hydrogen-bond donors (Lipinski definition) is 1. The fraction of sp³-hybridized carbons (Fsp3) is 0.800. The first-order valence-electron chi connectivity index (χ1n) is 5.44. The molecule has 5 heteroatoms. The van der Waals surface area contributed by atoms with Gasteiger partial charge in [0.15, 0.2) is 0 Å². The van der Waals surface area contributed by atoms with Gasteiger partial charge in [-0.1, -0.05) is 17.9 Å². The van der Waals surface area contributed by atoms with Gasteiger partial charge in [-0.15, -0.1) is 16.7 Å². The summed E-state index contributed by atoms with van der Waals surface area (Å²) in [5.74, 6) is 1.47. The van der Waals surface area contributed by atoms with Crippen molar-refractivity contribution in [3.63, 3.8) is 0 Å². The second-order valence-corrected chi connectivity index (χ2v) is 4.38. The minimum absolute atomic E-state index is 0.270. The van der Waals surface area contributed by atoms with E-state index in [4.69, 9.17) is 16.0 Å². The number of nitrogens with zero attached hydrogens (tertiary/aromatic N) is 2. The monoisotopic (exact) mass is 229 g/mol. The summed E-state index contributed by atoms with van der Waals surface area (Å²) in [7, 11) is 0. The lowest BCUT2D eigenvalue weighted by Gasteiger charge is -2.18. The Bertz CT molecular complexity index is 309. The molecule has 0 aliphatic heterocycles. The normalized spacial score (nSPS) is 19.3. The SMILES string of the molecule is CC(Nc1nnc(CCl)o1)C1CCCC1. The van der Waals surface area contributed by atoms with Crippen LogP contribution in [-0.4, -0.2) is 16.2 Å². The Morgan fingerprint density at radius 1 is 1.47 bits per heavy atom. The molecule has 1 aliphatic rings. The second kappa shape index (κ2) is 4.84. The molecule has 1 aromatic rings. The fourth-order valence-electron chi connectivity index (χ4n) is 2.14. The maximum absolute atomic E-state index is 5.58. The molecule has 1 saturated carbocycles. The van der Waals surface area contributed by atoms with Crippen molar-refractivity contribution in [3.05, 3.63) is 5.89 Å². The smallest absolute Gasteiger partial charge is 0.315 e. The molecular formula is C10H16ClN3O. The summed E-state index contributed by atoms with van der Waals surface area (Å²) in [6.45, 7) is 2.17. The van der Waals surface area contributed by atoms with Crippen LogP contribution in [-0.2, 0) is 5.88 Å². The summed E-state index contributed by atoms with van der Waals surface area (Å²) in [6.07, 6.45) is 5.27. The molecule has 0 bridgehead atoms. The fourth-order valence-corrected chi connectivity index (χ4v) is 2.24. The zero-order chi connectivity index (χ0) is 10.7. The molecular weight excluding hydrogens is 214 g/mol. The van der Waals surface area contributed by atoms with Gasteiger partial charge < -0.3 is 9.73 Å². The highest BCUT2D eigenvalue weighted by atomic mass is 35.5. The molecule has 1 fully saturated rings. The minimum Gasteiger partial charge on any atom is -0.407 e. The third kappa shape index (κ3) is 2.62. The van der Waals surface area contributed by atoms with Crippen LogP contribution in [0.3, 0.4) is 0 Å². The summed E-state index contributed by atoms with van der Waals surface area (Å²) >= 11 is 5.58. The third-order valence-electron chi connectivity index (χ3n) is 3.04. The second-order valence-electron chi connectivity index (χ2n) is 4.11. The van der Waals surface area contributed by atoms with Crippen molar-refractivity contribution in [2.45, 2.75) is 44.5 Å². The number of hydrogen-bond acceptors (Lipinski definition) is 4. The van der Waals surface area contributed by atoms with Crippen molar-refractivity contribution in [3.8, 4) is 0 Å². The van der Waals surface area contributed by atoms with Crippen molar-refractivity contribution >= 4 is 17.6 Å². The van der Waals surface area contributed by atoms with Crippen LogP contribution in [0.1, 0.15) is 38.5 Å². The Balaban J connectivity index is 1.89. The van der Waals surface area contributed by atoms with Crippen molar-refractivity contribution in [1.82, 2.24) is 10.2 Å². The Labute approximate surface area is 94.4 Å². The molecule has 1 atom stereocenters. The molecule has 0 radical (unpaired) electrons. The van der Waals surface area contributed by atoms with Gasteiger partial charge in [0.1, 0.15) is 5.88 Å². The van der Waals surface area contributed by atoms with Gasteiger partial charge in [0, 0.05) is 6.04 Å². The van der Waals surface area contributed by atoms with Crippen LogP contribution in [0, 0.1) is 5.92 Å². The number of anilines is 1. The summed E-state index contributed by atoms with van der Waals surface area (Å²) in [5, 5.41) is 10.9. The number of nitrogens with one attached hydrogen (secondary N) is 1. The van der Waals surface area contributed by atoms with Gasteiger partial charge in [-0.2, -0.15) is 0 Å². The van der Waals surface area contributed by atoms with Gasteiger partial charge in [0.25, 0.3) is 0 Å². The molecule has 1 aromatic heterocycles. The first kappa shape index (κ1) is 10.7. The standard InChI is InChI=1S/C10H16ClN3O/c1-7(8-4-2-3-5-8)12-10-14-13-9(6-11)15-10/h7-8H,2-6H2,1H3,(H,12,14). The lowest BCUT2D eigenvalue weighted by Crippen LogP contribution is -2.23. The van der Waals surface area contributed by atoms with Crippen LogP contribution in [0.25, 0.3) is 0 Å². The molecule has 0 amide bonds. The lowest BCUT2D eigenvalue weighted by atomic mass is 10.0. The highest BCUT2D eigenvalue weighted by Gasteiger charge is 2.22. The predicted octanol–water partition coefficient (Wildman–Crippen LogP) is 2.80. The van der Waals surface area contributed by atoms with Gasteiger partial charge in [-0.25, -0.2) is 0 Å².